The zero-order valence-electron chi connectivity index (χ0n) is 12.7. The van der Waals surface area contributed by atoms with Crippen LogP contribution in [0.5, 0.6) is 0 Å². The molecule has 1 heterocycles. The van der Waals surface area contributed by atoms with Crippen molar-refractivity contribution < 1.29 is 9.59 Å². The van der Waals surface area contributed by atoms with Crippen LogP contribution in [-0.2, 0) is 4.79 Å². The molecular formula is C18H14ClN3O2. The van der Waals surface area contributed by atoms with E-state index in [0.29, 0.717) is 34.8 Å². The van der Waals surface area contributed by atoms with Crippen LogP contribution in [0.15, 0.2) is 48.5 Å². The first kappa shape index (κ1) is 16.0. The summed E-state index contributed by atoms with van der Waals surface area (Å²) in [6, 6.07) is 14.6. The minimum Gasteiger partial charge on any atom is -0.352 e. The van der Waals surface area contributed by atoms with Gasteiger partial charge in [-0.25, -0.2) is 0 Å². The van der Waals surface area contributed by atoms with Gasteiger partial charge in [0, 0.05) is 29.2 Å². The van der Waals surface area contributed by atoms with E-state index >= 15 is 0 Å². The highest BCUT2D eigenvalue weighted by Gasteiger charge is 2.35. The SMILES string of the molecule is N#Cc1ccc(C(=O)N2CCNC(=O)[C@H]2c2ccccc2Cl)cc1. The van der Waals surface area contributed by atoms with Crippen LogP contribution in [-0.4, -0.2) is 29.8 Å². The molecule has 24 heavy (non-hydrogen) atoms. The summed E-state index contributed by atoms with van der Waals surface area (Å²) < 4.78 is 0. The molecule has 2 amide bonds. The summed E-state index contributed by atoms with van der Waals surface area (Å²) in [6.45, 7) is 0.780. The monoisotopic (exact) mass is 339 g/mol. The smallest absolute Gasteiger partial charge is 0.254 e. The zero-order chi connectivity index (χ0) is 17.1. The maximum atomic E-state index is 12.9. The first-order valence-electron chi connectivity index (χ1n) is 7.45. The maximum absolute atomic E-state index is 12.9. The van der Waals surface area contributed by atoms with E-state index < -0.39 is 6.04 Å². The van der Waals surface area contributed by atoms with Crippen molar-refractivity contribution in [2.24, 2.45) is 0 Å². The Hall–Kier alpha value is -2.84. The zero-order valence-corrected chi connectivity index (χ0v) is 13.5. The first-order valence-corrected chi connectivity index (χ1v) is 7.83. The topological polar surface area (TPSA) is 73.2 Å². The van der Waals surface area contributed by atoms with Gasteiger partial charge in [0.25, 0.3) is 5.91 Å². The highest BCUT2D eigenvalue weighted by Crippen LogP contribution is 2.30. The summed E-state index contributed by atoms with van der Waals surface area (Å²) in [4.78, 5) is 26.8. The quantitative estimate of drug-likeness (QED) is 0.913. The number of amides is 2. The standard InChI is InChI=1S/C18H14ClN3O2/c19-15-4-2-1-3-14(15)16-17(23)21-9-10-22(16)18(24)13-7-5-12(11-20)6-8-13/h1-8,16H,9-10H2,(H,21,23)/t16-/m1/s1. The molecule has 5 nitrogen and oxygen atoms in total. The van der Waals surface area contributed by atoms with Crippen LogP contribution in [0.25, 0.3) is 0 Å². The van der Waals surface area contributed by atoms with Gasteiger partial charge in [-0.05, 0) is 30.3 Å². The van der Waals surface area contributed by atoms with Gasteiger partial charge in [-0.2, -0.15) is 5.26 Å². The van der Waals surface area contributed by atoms with Crippen LogP contribution in [0, 0.1) is 11.3 Å². The van der Waals surface area contributed by atoms with E-state index in [1.54, 1.807) is 48.5 Å². The van der Waals surface area contributed by atoms with Crippen molar-refractivity contribution in [3.05, 3.63) is 70.2 Å². The van der Waals surface area contributed by atoms with E-state index in [-0.39, 0.29) is 11.8 Å². The van der Waals surface area contributed by atoms with Gasteiger partial charge in [-0.3, -0.25) is 9.59 Å². The molecule has 0 spiro atoms. The molecule has 1 N–H and O–H groups in total. The van der Waals surface area contributed by atoms with E-state index in [2.05, 4.69) is 5.32 Å². The molecule has 3 rings (SSSR count). The predicted octanol–water partition coefficient (Wildman–Crippen LogP) is 2.52. The molecule has 1 atom stereocenters. The second-order valence-electron chi connectivity index (χ2n) is 5.40. The number of piperazine rings is 1. The lowest BCUT2D eigenvalue weighted by Crippen LogP contribution is -2.52. The van der Waals surface area contributed by atoms with Gasteiger partial charge in [-0.15, -0.1) is 0 Å². The number of rotatable bonds is 2. The van der Waals surface area contributed by atoms with Crippen LogP contribution in [0.1, 0.15) is 27.5 Å². The first-order chi connectivity index (χ1) is 11.6. The predicted molar refractivity (Wildman–Crippen MR) is 89.4 cm³/mol. The Bertz CT molecular complexity index is 827. The van der Waals surface area contributed by atoms with E-state index in [4.69, 9.17) is 16.9 Å². The van der Waals surface area contributed by atoms with Crippen LogP contribution in [0.3, 0.4) is 0 Å². The average Bonchev–Trinajstić information content (AvgIpc) is 2.62. The Morgan fingerprint density at radius 3 is 2.58 bits per heavy atom. The van der Waals surface area contributed by atoms with Gasteiger partial charge in [0.2, 0.25) is 5.91 Å². The van der Waals surface area contributed by atoms with Crippen molar-refractivity contribution in [1.82, 2.24) is 10.2 Å². The molecule has 0 saturated carbocycles. The van der Waals surface area contributed by atoms with Gasteiger partial charge < -0.3 is 10.2 Å². The van der Waals surface area contributed by atoms with Gasteiger partial charge >= 0.3 is 0 Å². The van der Waals surface area contributed by atoms with E-state index in [9.17, 15) is 9.59 Å². The van der Waals surface area contributed by atoms with E-state index in [1.165, 1.54) is 4.90 Å². The molecule has 2 aromatic rings. The lowest BCUT2D eigenvalue weighted by molar-refractivity contribution is -0.128. The fourth-order valence-corrected chi connectivity index (χ4v) is 2.98. The number of hydrogen-bond donors (Lipinski definition) is 1. The number of nitrogens with zero attached hydrogens (tertiary/aromatic N) is 2. The van der Waals surface area contributed by atoms with Crippen LogP contribution < -0.4 is 5.32 Å². The summed E-state index contributed by atoms with van der Waals surface area (Å²) >= 11 is 6.22. The number of halogens is 1. The minimum atomic E-state index is -0.768. The molecule has 1 aliphatic rings. The lowest BCUT2D eigenvalue weighted by Gasteiger charge is -2.35. The number of benzene rings is 2. The van der Waals surface area contributed by atoms with Gasteiger partial charge in [-0.1, -0.05) is 29.8 Å². The summed E-state index contributed by atoms with van der Waals surface area (Å²) in [6.07, 6.45) is 0. The van der Waals surface area contributed by atoms with Crippen molar-refractivity contribution in [1.29, 1.82) is 5.26 Å². The number of nitriles is 1. The van der Waals surface area contributed by atoms with Crippen LogP contribution >= 0.6 is 11.6 Å². The van der Waals surface area contributed by atoms with E-state index in [1.807, 2.05) is 6.07 Å². The summed E-state index contributed by atoms with van der Waals surface area (Å²) in [5, 5.41) is 12.1. The summed E-state index contributed by atoms with van der Waals surface area (Å²) in [7, 11) is 0. The van der Waals surface area contributed by atoms with Gasteiger partial charge in [0.05, 0.1) is 11.6 Å². The Morgan fingerprint density at radius 2 is 1.92 bits per heavy atom. The summed E-state index contributed by atoms with van der Waals surface area (Å²) in [5.41, 5.74) is 1.50. The molecule has 2 aromatic carbocycles. The van der Waals surface area contributed by atoms with Crippen LogP contribution in [0.2, 0.25) is 5.02 Å². The third-order valence-corrected chi connectivity index (χ3v) is 4.28. The normalized spacial score (nSPS) is 17.1. The molecule has 0 bridgehead atoms. The number of carbonyl (C=O) groups excluding carboxylic acids is 2. The van der Waals surface area contributed by atoms with Gasteiger partial charge in [0.15, 0.2) is 0 Å². The second-order valence-corrected chi connectivity index (χ2v) is 5.81. The fraction of sp³-hybridized carbons (Fsp3) is 0.167. The largest absolute Gasteiger partial charge is 0.352 e. The third-order valence-electron chi connectivity index (χ3n) is 3.93. The van der Waals surface area contributed by atoms with Crippen molar-refractivity contribution in [3.8, 4) is 6.07 Å². The van der Waals surface area contributed by atoms with Crippen LogP contribution in [0.4, 0.5) is 0 Å². The van der Waals surface area contributed by atoms with Crippen molar-refractivity contribution in [3.63, 3.8) is 0 Å². The Kier molecular flexibility index (Phi) is 4.50. The highest BCUT2D eigenvalue weighted by molar-refractivity contribution is 6.31. The Labute approximate surface area is 144 Å². The highest BCUT2D eigenvalue weighted by atomic mass is 35.5. The lowest BCUT2D eigenvalue weighted by atomic mass is 10.0. The third kappa shape index (κ3) is 2.97. The number of nitrogens with one attached hydrogen (secondary N) is 1. The molecule has 1 aliphatic heterocycles. The molecule has 1 fully saturated rings. The molecule has 0 unspecified atom stereocenters. The Balaban J connectivity index is 1.97. The molecule has 120 valence electrons. The molecule has 0 radical (unpaired) electrons. The van der Waals surface area contributed by atoms with Crippen molar-refractivity contribution >= 4 is 23.4 Å². The van der Waals surface area contributed by atoms with Crippen molar-refractivity contribution in [2.45, 2.75) is 6.04 Å². The molecule has 1 saturated heterocycles. The summed E-state index contributed by atoms with van der Waals surface area (Å²) in [5.74, 6) is -0.518. The van der Waals surface area contributed by atoms with Crippen molar-refractivity contribution in [2.75, 3.05) is 13.1 Å². The molecule has 0 aromatic heterocycles. The number of hydrogen-bond acceptors (Lipinski definition) is 3. The Morgan fingerprint density at radius 1 is 1.21 bits per heavy atom. The average molecular weight is 340 g/mol. The van der Waals surface area contributed by atoms with Gasteiger partial charge in [0.1, 0.15) is 6.04 Å². The fourth-order valence-electron chi connectivity index (χ4n) is 2.74. The second kappa shape index (κ2) is 6.73. The molecule has 0 aliphatic carbocycles. The number of carbonyl (C=O) groups is 2. The maximum Gasteiger partial charge on any atom is 0.254 e. The molecule has 6 heteroatoms. The minimum absolute atomic E-state index is 0.253. The van der Waals surface area contributed by atoms with E-state index in [0.717, 1.165) is 0 Å². The molecular weight excluding hydrogens is 326 g/mol.